The molecular formula is C13H21ClN4O. The summed E-state index contributed by atoms with van der Waals surface area (Å²) in [6, 6.07) is 0.329. The van der Waals surface area contributed by atoms with Crippen molar-refractivity contribution in [3.05, 3.63) is 5.28 Å². The maximum absolute atomic E-state index is 5.95. The third kappa shape index (κ3) is 3.93. The molecule has 2 heterocycles. The number of halogens is 1. The molecule has 0 aromatic carbocycles. The molecule has 0 N–H and O–H groups in total. The Morgan fingerprint density at radius 3 is 2.89 bits per heavy atom. The normalized spacial score (nSPS) is 19.5. The molecule has 106 valence electrons. The first-order valence-corrected chi connectivity index (χ1v) is 7.40. The number of piperidine rings is 1. The second kappa shape index (κ2) is 6.89. The standard InChI is InChI=1S/C13H21ClN4O/c1-3-8-19-13-16-11(14)15-12(17-13)18-7-5-6-10(4-2)9-18/h10H,3-9H2,1-2H3. The van der Waals surface area contributed by atoms with Crippen LogP contribution in [0, 0.1) is 5.92 Å². The predicted octanol–water partition coefficient (Wildman–Crippen LogP) is 2.94. The average Bonchev–Trinajstić information content (AvgIpc) is 2.44. The highest BCUT2D eigenvalue weighted by molar-refractivity contribution is 6.28. The maximum Gasteiger partial charge on any atom is 0.322 e. The van der Waals surface area contributed by atoms with Gasteiger partial charge in [-0.15, -0.1) is 0 Å². The molecule has 0 saturated carbocycles. The Bertz CT molecular complexity index is 416. The van der Waals surface area contributed by atoms with Crippen LogP contribution in [0.4, 0.5) is 5.95 Å². The number of hydrogen-bond acceptors (Lipinski definition) is 5. The first-order chi connectivity index (χ1) is 9.22. The lowest BCUT2D eigenvalue weighted by Crippen LogP contribution is -2.36. The van der Waals surface area contributed by atoms with Crippen LogP contribution >= 0.6 is 11.6 Å². The molecule has 1 atom stereocenters. The van der Waals surface area contributed by atoms with Crippen molar-refractivity contribution in [2.24, 2.45) is 5.92 Å². The van der Waals surface area contributed by atoms with Gasteiger partial charge >= 0.3 is 6.01 Å². The Kier molecular flexibility index (Phi) is 5.19. The molecule has 19 heavy (non-hydrogen) atoms. The van der Waals surface area contributed by atoms with Crippen molar-refractivity contribution < 1.29 is 4.74 Å². The highest BCUT2D eigenvalue weighted by Crippen LogP contribution is 2.24. The van der Waals surface area contributed by atoms with E-state index in [1.807, 2.05) is 6.92 Å². The summed E-state index contributed by atoms with van der Waals surface area (Å²) in [4.78, 5) is 14.8. The summed E-state index contributed by atoms with van der Waals surface area (Å²) in [6.45, 7) is 6.83. The van der Waals surface area contributed by atoms with E-state index in [1.165, 1.54) is 19.3 Å². The second-order valence-electron chi connectivity index (χ2n) is 4.90. The van der Waals surface area contributed by atoms with Crippen LogP contribution in [0.5, 0.6) is 6.01 Å². The van der Waals surface area contributed by atoms with E-state index in [4.69, 9.17) is 16.3 Å². The first-order valence-electron chi connectivity index (χ1n) is 7.02. The van der Waals surface area contributed by atoms with Gasteiger partial charge in [-0.25, -0.2) is 0 Å². The molecule has 1 saturated heterocycles. The van der Waals surface area contributed by atoms with Gasteiger partial charge in [0.15, 0.2) is 0 Å². The van der Waals surface area contributed by atoms with Gasteiger partial charge < -0.3 is 9.64 Å². The monoisotopic (exact) mass is 284 g/mol. The molecule has 2 rings (SSSR count). The van der Waals surface area contributed by atoms with Crippen molar-refractivity contribution in [3.8, 4) is 6.01 Å². The molecule has 0 radical (unpaired) electrons. The lowest BCUT2D eigenvalue weighted by Gasteiger charge is -2.32. The molecule has 5 nitrogen and oxygen atoms in total. The Labute approximate surface area is 119 Å². The second-order valence-corrected chi connectivity index (χ2v) is 5.24. The Hall–Kier alpha value is -1.10. The summed E-state index contributed by atoms with van der Waals surface area (Å²) in [6.07, 6.45) is 4.56. The Morgan fingerprint density at radius 1 is 1.32 bits per heavy atom. The van der Waals surface area contributed by atoms with Gasteiger partial charge in [-0.05, 0) is 36.8 Å². The van der Waals surface area contributed by atoms with Crippen molar-refractivity contribution in [2.75, 3.05) is 24.6 Å². The van der Waals surface area contributed by atoms with Crippen molar-refractivity contribution in [1.29, 1.82) is 0 Å². The zero-order valence-corrected chi connectivity index (χ0v) is 12.4. The van der Waals surface area contributed by atoms with E-state index in [9.17, 15) is 0 Å². The van der Waals surface area contributed by atoms with Crippen LogP contribution in [0.1, 0.15) is 39.5 Å². The molecule has 0 amide bonds. The summed E-state index contributed by atoms with van der Waals surface area (Å²) in [7, 11) is 0. The SMILES string of the molecule is CCCOc1nc(Cl)nc(N2CCCC(CC)C2)n1. The highest BCUT2D eigenvalue weighted by atomic mass is 35.5. The minimum absolute atomic E-state index is 0.203. The van der Waals surface area contributed by atoms with E-state index < -0.39 is 0 Å². The highest BCUT2D eigenvalue weighted by Gasteiger charge is 2.21. The van der Waals surface area contributed by atoms with E-state index in [1.54, 1.807) is 0 Å². The molecule has 1 aromatic heterocycles. The molecule has 1 fully saturated rings. The molecular weight excluding hydrogens is 264 g/mol. The van der Waals surface area contributed by atoms with Crippen LogP contribution in [-0.4, -0.2) is 34.6 Å². The van der Waals surface area contributed by atoms with Crippen LogP contribution in [0.15, 0.2) is 0 Å². The summed E-state index contributed by atoms with van der Waals surface area (Å²) in [5.74, 6) is 1.36. The molecule has 1 aliphatic heterocycles. The third-order valence-corrected chi connectivity index (χ3v) is 3.56. The van der Waals surface area contributed by atoms with Crippen molar-refractivity contribution >= 4 is 17.5 Å². The lowest BCUT2D eigenvalue weighted by molar-refractivity contribution is 0.290. The smallest absolute Gasteiger partial charge is 0.322 e. The first kappa shape index (κ1) is 14.3. The summed E-state index contributed by atoms with van der Waals surface area (Å²) < 4.78 is 5.45. The number of hydrogen-bond donors (Lipinski definition) is 0. The van der Waals surface area contributed by atoms with E-state index in [0.29, 0.717) is 24.5 Å². The van der Waals surface area contributed by atoms with Crippen molar-refractivity contribution in [2.45, 2.75) is 39.5 Å². The van der Waals surface area contributed by atoms with Gasteiger partial charge in [-0.2, -0.15) is 15.0 Å². The summed E-state index contributed by atoms with van der Waals surface area (Å²) >= 11 is 5.95. The van der Waals surface area contributed by atoms with Gasteiger partial charge in [0.25, 0.3) is 0 Å². The number of anilines is 1. The molecule has 0 spiro atoms. The van der Waals surface area contributed by atoms with Gasteiger partial charge in [0.1, 0.15) is 0 Å². The zero-order valence-electron chi connectivity index (χ0n) is 11.6. The molecule has 1 aliphatic rings. The average molecular weight is 285 g/mol. The van der Waals surface area contributed by atoms with E-state index in [2.05, 4.69) is 26.8 Å². The van der Waals surface area contributed by atoms with E-state index >= 15 is 0 Å². The van der Waals surface area contributed by atoms with Crippen LogP contribution in [0.3, 0.4) is 0 Å². The number of ether oxygens (including phenoxy) is 1. The van der Waals surface area contributed by atoms with Gasteiger partial charge in [0.05, 0.1) is 6.61 Å². The van der Waals surface area contributed by atoms with E-state index in [-0.39, 0.29) is 5.28 Å². The van der Waals surface area contributed by atoms with Crippen LogP contribution in [0.2, 0.25) is 5.28 Å². The van der Waals surface area contributed by atoms with Gasteiger partial charge in [0.2, 0.25) is 11.2 Å². The van der Waals surface area contributed by atoms with E-state index in [0.717, 1.165) is 19.5 Å². The van der Waals surface area contributed by atoms with Gasteiger partial charge in [-0.1, -0.05) is 20.3 Å². The number of rotatable bonds is 5. The fraction of sp³-hybridized carbons (Fsp3) is 0.769. The van der Waals surface area contributed by atoms with Crippen molar-refractivity contribution in [3.63, 3.8) is 0 Å². The number of aromatic nitrogens is 3. The molecule has 1 aromatic rings. The number of nitrogens with zero attached hydrogens (tertiary/aromatic N) is 4. The maximum atomic E-state index is 5.95. The van der Waals surface area contributed by atoms with Crippen molar-refractivity contribution in [1.82, 2.24) is 15.0 Å². The molecule has 0 bridgehead atoms. The Morgan fingerprint density at radius 2 is 2.16 bits per heavy atom. The molecule has 6 heteroatoms. The topological polar surface area (TPSA) is 51.1 Å². The Balaban J connectivity index is 2.11. The van der Waals surface area contributed by atoms with Crippen LogP contribution in [-0.2, 0) is 0 Å². The third-order valence-electron chi connectivity index (χ3n) is 3.39. The minimum Gasteiger partial charge on any atom is -0.463 e. The fourth-order valence-corrected chi connectivity index (χ4v) is 2.45. The fourth-order valence-electron chi connectivity index (χ4n) is 2.30. The lowest BCUT2D eigenvalue weighted by atomic mass is 9.96. The summed E-state index contributed by atoms with van der Waals surface area (Å²) in [5.41, 5.74) is 0. The van der Waals surface area contributed by atoms with Crippen LogP contribution < -0.4 is 9.64 Å². The zero-order chi connectivity index (χ0) is 13.7. The van der Waals surface area contributed by atoms with Gasteiger partial charge in [-0.3, -0.25) is 0 Å². The van der Waals surface area contributed by atoms with Gasteiger partial charge in [0, 0.05) is 13.1 Å². The molecule has 1 unspecified atom stereocenters. The minimum atomic E-state index is 0.203. The molecule has 0 aliphatic carbocycles. The summed E-state index contributed by atoms with van der Waals surface area (Å²) in [5, 5.41) is 0.203. The van der Waals surface area contributed by atoms with Crippen LogP contribution in [0.25, 0.3) is 0 Å². The quantitative estimate of drug-likeness (QED) is 0.832. The predicted molar refractivity (Wildman–Crippen MR) is 75.9 cm³/mol. The largest absolute Gasteiger partial charge is 0.463 e.